The van der Waals surface area contributed by atoms with Crippen molar-refractivity contribution in [2.75, 3.05) is 13.1 Å². The van der Waals surface area contributed by atoms with E-state index in [1.165, 1.54) is 11.3 Å². The lowest BCUT2D eigenvalue weighted by Gasteiger charge is -2.13. The molecule has 0 bridgehead atoms. The first-order valence-electron chi connectivity index (χ1n) is 9.23. The number of aryl methyl sites for hydroxylation is 3. The first kappa shape index (κ1) is 20.3. The molecule has 10 heteroatoms. The number of thioether (sulfide) groups is 1. The fraction of sp³-hybridized carbons (Fsp3) is 0.250. The molecule has 0 radical (unpaired) electrons. The molecule has 8 nitrogen and oxygen atoms in total. The molecule has 0 aliphatic carbocycles. The molecule has 1 aliphatic heterocycles. The van der Waals surface area contributed by atoms with E-state index in [0.717, 1.165) is 27.2 Å². The highest BCUT2D eigenvalue weighted by Gasteiger charge is 2.34. The summed E-state index contributed by atoms with van der Waals surface area (Å²) in [5, 5.41) is 9.43. The van der Waals surface area contributed by atoms with Crippen LogP contribution in [0, 0.1) is 13.8 Å². The number of fused-ring (bicyclic) bond motifs is 1. The van der Waals surface area contributed by atoms with Gasteiger partial charge in [0, 0.05) is 30.7 Å². The predicted octanol–water partition coefficient (Wildman–Crippen LogP) is 3.11. The van der Waals surface area contributed by atoms with Gasteiger partial charge >= 0.3 is 0 Å². The number of hydrogen-bond donors (Lipinski definition) is 1. The highest BCUT2D eigenvalue weighted by molar-refractivity contribution is 8.18. The first-order chi connectivity index (χ1) is 14.3. The number of pyridine rings is 1. The molecular formula is C20H19N5O3S2. The van der Waals surface area contributed by atoms with Crippen LogP contribution < -0.4 is 5.32 Å². The van der Waals surface area contributed by atoms with Crippen molar-refractivity contribution in [3.8, 4) is 0 Å². The van der Waals surface area contributed by atoms with Crippen LogP contribution in [-0.4, -0.2) is 49.8 Å². The molecule has 1 aliphatic rings. The van der Waals surface area contributed by atoms with Crippen LogP contribution >= 0.6 is 23.1 Å². The van der Waals surface area contributed by atoms with Gasteiger partial charge in [0.25, 0.3) is 17.1 Å². The van der Waals surface area contributed by atoms with Crippen molar-refractivity contribution in [1.29, 1.82) is 0 Å². The van der Waals surface area contributed by atoms with E-state index in [-0.39, 0.29) is 30.1 Å². The maximum absolute atomic E-state index is 12.8. The van der Waals surface area contributed by atoms with E-state index >= 15 is 0 Å². The Labute approximate surface area is 181 Å². The molecule has 0 unspecified atom stereocenters. The zero-order chi connectivity index (χ0) is 21.4. The van der Waals surface area contributed by atoms with Gasteiger partial charge in [0.15, 0.2) is 5.65 Å². The predicted molar refractivity (Wildman–Crippen MR) is 117 cm³/mol. The third-order valence-electron chi connectivity index (χ3n) is 4.65. The average Bonchev–Trinajstić information content (AvgIpc) is 3.37. The van der Waals surface area contributed by atoms with Crippen LogP contribution in [0.1, 0.15) is 26.6 Å². The summed E-state index contributed by atoms with van der Waals surface area (Å²) >= 11 is 2.41. The Kier molecular flexibility index (Phi) is 5.44. The second-order valence-electron chi connectivity index (χ2n) is 6.82. The number of thiophene rings is 1. The van der Waals surface area contributed by atoms with Crippen molar-refractivity contribution in [2.45, 2.75) is 13.8 Å². The van der Waals surface area contributed by atoms with Crippen LogP contribution in [0.15, 0.2) is 28.5 Å². The molecule has 0 aromatic carbocycles. The van der Waals surface area contributed by atoms with Crippen molar-refractivity contribution in [3.05, 3.63) is 50.3 Å². The van der Waals surface area contributed by atoms with Gasteiger partial charge in [0.1, 0.15) is 0 Å². The van der Waals surface area contributed by atoms with Gasteiger partial charge in [-0.1, -0.05) is 6.07 Å². The molecule has 154 valence electrons. The number of carbonyl (C=O) groups excluding carboxylic acids is 3. The van der Waals surface area contributed by atoms with Gasteiger partial charge in [-0.05, 0) is 49.2 Å². The summed E-state index contributed by atoms with van der Waals surface area (Å²) < 4.78 is 1.65. The molecular weight excluding hydrogens is 422 g/mol. The highest BCUT2D eigenvalue weighted by Crippen LogP contribution is 2.32. The number of nitrogens with zero attached hydrogens (tertiary/aromatic N) is 4. The first-order valence-corrected chi connectivity index (χ1v) is 10.9. The highest BCUT2D eigenvalue weighted by atomic mass is 32.2. The smallest absolute Gasteiger partial charge is 0.293 e. The van der Waals surface area contributed by atoms with E-state index in [4.69, 9.17) is 0 Å². The monoisotopic (exact) mass is 441 g/mol. The summed E-state index contributed by atoms with van der Waals surface area (Å²) in [6.45, 7) is 3.91. The van der Waals surface area contributed by atoms with Crippen LogP contribution in [0.4, 0.5) is 4.79 Å². The average molecular weight is 442 g/mol. The van der Waals surface area contributed by atoms with Crippen molar-refractivity contribution >= 4 is 57.3 Å². The quantitative estimate of drug-likeness (QED) is 0.611. The molecule has 1 fully saturated rings. The summed E-state index contributed by atoms with van der Waals surface area (Å²) in [5.74, 6) is -0.624. The van der Waals surface area contributed by atoms with Gasteiger partial charge in [-0.15, -0.1) is 11.3 Å². The van der Waals surface area contributed by atoms with Gasteiger partial charge in [-0.2, -0.15) is 5.10 Å². The van der Waals surface area contributed by atoms with E-state index in [1.807, 2.05) is 31.4 Å². The van der Waals surface area contributed by atoms with E-state index in [9.17, 15) is 14.4 Å². The van der Waals surface area contributed by atoms with Gasteiger partial charge in [0.05, 0.1) is 21.5 Å². The summed E-state index contributed by atoms with van der Waals surface area (Å²) in [4.78, 5) is 44.5. The van der Waals surface area contributed by atoms with Crippen LogP contribution in [0.5, 0.6) is 0 Å². The standard InChI is InChI=1S/C20H19N5O3S2/c1-11-9-14(16-12(2)23-24(3)17(16)22-11)18(26)21-6-7-25-19(27)15(30-20(25)28)10-13-5-4-8-29-13/h4-5,8-10H,6-7H2,1-3H3,(H,21,26)/b15-10-. The minimum atomic E-state index is -0.335. The minimum Gasteiger partial charge on any atom is -0.350 e. The lowest BCUT2D eigenvalue weighted by molar-refractivity contribution is -0.122. The summed E-state index contributed by atoms with van der Waals surface area (Å²) in [6.07, 6.45) is 1.72. The van der Waals surface area contributed by atoms with Crippen molar-refractivity contribution < 1.29 is 14.4 Å². The zero-order valence-electron chi connectivity index (χ0n) is 16.6. The molecule has 4 rings (SSSR count). The lowest BCUT2D eigenvalue weighted by atomic mass is 10.1. The summed E-state index contributed by atoms with van der Waals surface area (Å²) in [7, 11) is 1.78. The van der Waals surface area contributed by atoms with E-state index in [2.05, 4.69) is 15.4 Å². The normalized spacial score (nSPS) is 15.6. The molecule has 4 heterocycles. The Morgan fingerprint density at radius 2 is 2.10 bits per heavy atom. The number of imide groups is 1. The molecule has 0 spiro atoms. The number of hydrogen-bond acceptors (Lipinski definition) is 7. The summed E-state index contributed by atoms with van der Waals surface area (Å²) in [6, 6.07) is 5.49. The topological polar surface area (TPSA) is 97.2 Å². The van der Waals surface area contributed by atoms with E-state index in [1.54, 1.807) is 23.9 Å². The fourth-order valence-corrected chi connectivity index (χ4v) is 4.91. The third-order valence-corrected chi connectivity index (χ3v) is 6.38. The molecule has 0 saturated carbocycles. The molecule has 3 amide bonds. The Morgan fingerprint density at radius 3 is 2.83 bits per heavy atom. The Balaban J connectivity index is 1.45. The maximum Gasteiger partial charge on any atom is 0.293 e. The number of rotatable bonds is 5. The molecule has 1 saturated heterocycles. The summed E-state index contributed by atoms with van der Waals surface area (Å²) in [5.41, 5.74) is 2.55. The molecule has 30 heavy (non-hydrogen) atoms. The Morgan fingerprint density at radius 1 is 1.30 bits per heavy atom. The largest absolute Gasteiger partial charge is 0.350 e. The molecule has 3 aromatic rings. The molecule has 3 aromatic heterocycles. The van der Waals surface area contributed by atoms with Crippen LogP contribution in [0.2, 0.25) is 0 Å². The maximum atomic E-state index is 12.8. The molecule has 0 atom stereocenters. The number of carbonyl (C=O) groups is 3. The van der Waals surface area contributed by atoms with Crippen molar-refractivity contribution in [2.24, 2.45) is 7.05 Å². The second kappa shape index (κ2) is 8.04. The van der Waals surface area contributed by atoms with Crippen molar-refractivity contribution in [1.82, 2.24) is 25.0 Å². The third kappa shape index (κ3) is 3.75. The molecule has 1 N–H and O–H groups in total. The Hall–Kier alpha value is -2.98. The van der Waals surface area contributed by atoms with Crippen molar-refractivity contribution in [3.63, 3.8) is 0 Å². The number of amides is 3. The SMILES string of the molecule is Cc1cc(C(=O)NCCN2C(=O)S/C(=C\c3cccs3)C2=O)c2c(C)nn(C)c2n1. The minimum absolute atomic E-state index is 0.109. The van der Waals surface area contributed by atoms with Gasteiger partial charge in [-0.25, -0.2) is 4.98 Å². The van der Waals surface area contributed by atoms with Gasteiger partial charge < -0.3 is 5.32 Å². The van der Waals surface area contributed by atoms with Gasteiger partial charge in [-0.3, -0.25) is 24.0 Å². The number of nitrogens with one attached hydrogen (secondary N) is 1. The number of aromatic nitrogens is 3. The van der Waals surface area contributed by atoms with E-state index < -0.39 is 0 Å². The van der Waals surface area contributed by atoms with E-state index in [0.29, 0.717) is 27.2 Å². The van der Waals surface area contributed by atoms with Crippen LogP contribution in [-0.2, 0) is 11.8 Å². The fourth-order valence-electron chi connectivity index (χ4n) is 3.32. The second-order valence-corrected chi connectivity index (χ2v) is 8.80. The van der Waals surface area contributed by atoms with Crippen LogP contribution in [0.25, 0.3) is 17.1 Å². The Bertz CT molecular complexity index is 1200. The van der Waals surface area contributed by atoms with Crippen LogP contribution in [0.3, 0.4) is 0 Å². The van der Waals surface area contributed by atoms with Gasteiger partial charge in [0.2, 0.25) is 0 Å². The lowest BCUT2D eigenvalue weighted by Crippen LogP contribution is -2.37. The zero-order valence-corrected chi connectivity index (χ0v) is 18.3.